The van der Waals surface area contributed by atoms with Gasteiger partial charge in [-0.05, 0) is 6.92 Å². The van der Waals surface area contributed by atoms with Crippen LogP contribution in [0.2, 0.25) is 0 Å². The van der Waals surface area contributed by atoms with Gasteiger partial charge in [0.05, 0.1) is 0 Å². The molecule has 1 nitrogen and oxygen atoms in total. The maximum atomic E-state index is 8.81. The molecule has 0 rings (SSSR count). The Hall–Kier alpha value is 0.540. The Labute approximate surface area is 44.2 Å². The first-order valence-corrected chi connectivity index (χ1v) is 0.813. The third-order valence-electron chi connectivity index (χ3n) is 0. The van der Waals surface area contributed by atoms with Gasteiger partial charge in [0.2, 0.25) is 0 Å². The molecule has 0 aliphatic carbocycles. The number of carbonyl (C=O) groups excluding carboxylic acids is 1. The SMILES string of the molecule is CC=O.[Hf]. The molecule has 0 heterocycles. The van der Waals surface area contributed by atoms with E-state index in [1.807, 2.05) is 0 Å². The number of aldehydes is 1. The van der Waals surface area contributed by atoms with E-state index < -0.39 is 0 Å². The van der Waals surface area contributed by atoms with Crippen LogP contribution in [0.4, 0.5) is 0 Å². The standard InChI is InChI=1S/C2H4O.Hf/c1-2-3;/h2H,1H3;. The molecule has 0 amide bonds. The van der Waals surface area contributed by atoms with E-state index in [0.29, 0.717) is 0 Å². The van der Waals surface area contributed by atoms with Gasteiger partial charge in [-0.2, -0.15) is 0 Å². The van der Waals surface area contributed by atoms with Crippen molar-refractivity contribution in [2.75, 3.05) is 0 Å². The van der Waals surface area contributed by atoms with Crippen LogP contribution in [0.25, 0.3) is 0 Å². The van der Waals surface area contributed by atoms with Gasteiger partial charge >= 0.3 is 0 Å². The quantitative estimate of drug-likeness (QED) is 0.423. The summed E-state index contributed by atoms with van der Waals surface area (Å²) in [6, 6.07) is 0. The van der Waals surface area contributed by atoms with Gasteiger partial charge in [-0.25, -0.2) is 0 Å². The van der Waals surface area contributed by atoms with E-state index in [4.69, 9.17) is 4.79 Å². The summed E-state index contributed by atoms with van der Waals surface area (Å²) in [5.74, 6) is 0. The Morgan fingerprint density at radius 1 is 1.75 bits per heavy atom. The fourth-order valence-corrected chi connectivity index (χ4v) is 0. The van der Waals surface area contributed by atoms with Crippen molar-refractivity contribution in [1.29, 1.82) is 0 Å². The summed E-state index contributed by atoms with van der Waals surface area (Å²) in [6.45, 7) is 1.44. The summed E-state index contributed by atoms with van der Waals surface area (Å²) in [7, 11) is 0. The molecule has 0 aromatic carbocycles. The molecule has 0 saturated carbocycles. The first-order chi connectivity index (χ1) is 1.41. The number of carbonyl (C=O) groups is 1. The van der Waals surface area contributed by atoms with E-state index in [2.05, 4.69) is 0 Å². The van der Waals surface area contributed by atoms with Crippen molar-refractivity contribution in [1.82, 2.24) is 0 Å². The zero-order valence-corrected chi connectivity index (χ0v) is 6.08. The van der Waals surface area contributed by atoms with Crippen molar-refractivity contribution >= 4 is 6.29 Å². The van der Waals surface area contributed by atoms with Gasteiger partial charge in [0, 0.05) is 25.8 Å². The van der Waals surface area contributed by atoms with Crippen molar-refractivity contribution < 1.29 is 30.6 Å². The summed E-state index contributed by atoms with van der Waals surface area (Å²) in [6.07, 6.45) is 0.750. The smallest absolute Gasteiger partial charge is 0.116 e. The van der Waals surface area contributed by atoms with Gasteiger partial charge in [-0.3, -0.25) is 0 Å². The van der Waals surface area contributed by atoms with E-state index in [9.17, 15) is 0 Å². The zero-order valence-electron chi connectivity index (χ0n) is 2.49. The molecule has 0 aromatic heterocycles. The van der Waals surface area contributed by atoms with E-state index in [-0.39, 0.29) is 25.8 Å². The van der Waals surface area contributed by atoms with Gasteiger partial charge in [0.1, 0.15) is 6.29 Å². The second kappa shape index (κ2) is 9.63. The number of rotatable bonds is 0. The number of hydrogen-bond acceptors (Lipinski definition) is 1. The second-order valence-electron chi connectivity index (χ2n) is 0.236. The average molecular weight is 223 g/mol. The van der Waals surface area contributed by atoms with Gasteiger partial charge in [0.25, 0.3) is 0 Å². The Balaban J connectivity index is 0. The van der Waals surface area contributed by atoms with Crippen molar-refractivity contribution in [2.24, 2.45) is 0 Å². The summed E-state index contributed by atoms with van der Waals surface area (Å²) in [5, 5.41) is 0. The molecule has 0 unspecified atom stereocenters. The molecular formula is C2H4HfO. The zero-order chi connectivity index (χ0) is 2.71. The first-order valence-electron chi connectivity index (χ1n) is 0.813. The summed E-state index contributed by atoms with van der Waals surface area (Å²) in [5.41, 5.74) is 0. The minimum Gasteiger partial charge on any atom is -0.304 e. The molecule has 4 heavy (non-hydrogen) atoms. The molecule has 2 heteroatoms. The Morgan fingerprint density at radius 2 is 1.75 bits per heavy atom. The minimum atomic E-state index is 0. The summed E-state index contributed by atoms with van der Waals surface area (Å²) >= 11 is 0. The van der Waals surface area contributed by atoms with Gasteiger partial charge in [-0.15, -0.1) is 0 Å². The molecule has 0 spiro atoms. The van der Waals surface area contributed by atoms with E-state index in [1.165, 1.54) is 6.92 Å². The topological polar surface area (TPSA) is 17.1 Å². The minimum absolute atomic E-state index is 0. The van der Waals surface area contributed by atoms with Crippen molar-refractivity contribution in [2.45, 2.75) is 6.92 Å². The van der Waals surface area contributed by atoms with Crippen LogP contribution in [0, 0.1) is 0 Å². The van der Waals surface area contributed by atoms with Crippen molar-refractivity contribution in [3.8, 4) is 0 Å². The number of hydrogen-bond donors (Lipinski definition) is 0. The second-order valence-corrected chi connectivity index (χ2v) is 0.236. The Bertz CT molecular complexity index is 13.5. The molecule has 0 aliphatic heterocycles. The third kappa shape index (κ3) is 20.7. The predicted octanol–water partition coefficient (Wildman–Crippen LogP) is 0.203. The molecule has 0 bridgehead atoms. The van der Waals surface area contributed by atoms with Gasteiger partial charge in [-0.1, -0.05) is 0 Å². The molecule has 0 atom stereocenters. The van der Waals surface area contributed by atoms with Crippen molar-refractivity contribution in [3.05, 3.63) is 0 Å². The van der Waals surface area contributed by atoms with Crippen LogP contribution in [-0.4, -0.2) is 6.29 Å². The van der Waals surface area contributed by atoms with E-state index in [0.717, 1.165) is 6.29 Å². The molecule has 0 N–H and O–H groups in total. The Kier molecular flexibility index (Phi) is 21.2. The fraction of sp³-hybridized carbons (Fsp3) is 0.500. The molecule has 0 saturated heterocycles. The molecule has 22 valence electrons. The molecule has 0 fully saturated rings. The van der Waals surface area contributed by atoms with Crippen molar-refractivity contribution in [3.63, 3.8) is 0 Å². The largest absolute Gasteiger partial charge is 0.304 e. The maximum Gasteiger partial charge on any atom is 0.116 e. The average Bonchev–Trinajstić information content (AvgIpc) is 0.918. The summed E-state index contributed by atoms with van der Waals surface area (Å²) in [4.78, 5) is 8.81. The van der Waals surface area contributed by atoms with Crippen LogP contribution in [-0.2, 0) is 30.6 Å². The van der Waals surface area contributed by atoms with Crippen LogP contribution in [0.3, 0.4) is 0 Å². The molecule has 0 radical (unpaired) electrons. The van der Waals surface area contributed by atoms with E-state index >= 15 is 0 Å². The molecule has 0 aromatic rings. The van der Waals surface area contributed by atoms with Crippen LogP contribution in [0.5, 0.6) is 0 Å². The normalized spacial score (nSPS) is 3.25. The monoisotopic (exact) mass is 224 g/mol. The molecular weight excluding hydrogens is 219 g/mol. The van der Waals surface area contributed by atoms with Crippen LogP contribution < -0.4 is 0 Å². The van der Waals surface area contributed by atoms with Crippen LogP contribution >= 0.6 is 0 Å². The maximum absolute atomic E-state index is 8.81. The molecule has 0 aliphatic rings. The van der Waals surface area contributed by atoms with Crippen LogP contribution in [0.15, 0.2) is 0 Å². The Morgan fingerprint density at radius 3 is 1.75 bits per heavy atom. The van der Waals surface area contributed by atoms with E-state index in [1.54, 1.807) is 0 Å². The predicted molar refractivity (Wildman–Crippen MR) is 11.7 cm³/mol. The summed E-state index contributed by atoms with van der Waals surface area (Å²) < 4.78 is 0. The fourth-order valence-electron chi connectivity index (χ4n) is 0. The van der Waals surface area contributed by atoms with Gasteiger partial charge < -0.3 is 4.79 Å². The van der Waals surface area contributed by atoms with Crippen LogP contribution in [0.1, 0.15) is 6.92 Å². The first kappa shape index (κ1) is 8.82. The third-order valence-corrected chi connectivity index (χ3v) is 0. The van der Waals surface area contributed by atoms with Gasteiger partial charge in [0.15, 0.2) is 0 Å².